The van der Waals surface area contributed by atoms with Gasteiger partial charge in [0.15, 0.2) is 5.13 Å². The second kappa shape index (κ2) is 6.92. The summed E-state index contributed by atoms with van der Waals surface area (Å²) in [5.74, 6) is -0.140. The van der Waals surface area contributed by atoms with Crippen molar-refractivity contribution in [3.63, 3.8) is 0 Å². The average molecular weight is 330 g/mol. The summed E-state index contributed by atoms with van der Waals surface area (Å²) in [4.78, 5) is 16.2. The van der Waals surface area contributed by atoms with Gasteiger partial charge in [0.1, 0.15) is 6.04 Å². The summed E-state index contributed by atoms with van der Waals surface area (Å²) in [7, 11) is 0. The molecule has 2 aromatic rings. The Hall–Kier alpha value is -1.30. The highest BCUT2D eigenvalue weighted by atomic mass is 35.5. The second-order valence-electron chi connectivity index (χ2n) is 4.09. The molecule has 0 aliphatic heterocycles. The number of anilines is 2. The Morgan fingerprint density at radius 1 is 1.35 bits per heavy atom. The Morgan fingerprint density at radius 2 is 2.05 bits per heavy atom. The molecule has 0 saturated carbocycles. The van der Waals surface area contributed by atoms with Crippen LogP contribution in [0.3, 0.4) is 0 Å². The molecule has 0 spiro atoms. The highest BCUT2D eigenvalue weighted by Gasteiger charge is 2.17. The van der Waals surface area contributed by atoms with Crippen molar-refractivity contribution < 1.29 is 4.79 Å². The maximum absolute atomic E-state index is 12.1. The lowest BCUT2D eigenvalue weighted by atomic mass is 10.2. The van der Waals surface area contributed by atoms with Crippen molar-refractivity contribution in [3.8, 4) is 0 Å². The predicted octanol–water partition coefficient (Wildman–Crippen LogP) is 4.28. The molecule has 106 valence electrons. The second-order valence-corrected chi connectivity index (χ2v) is 5.86. The molecule has 20 heavy (non-hydrogen) atoms. The van der Waals surface area contributed by atoms with E-state index in [2.05, 4.69) is 15.6 Å². The summed E-state index contributed by atoms with van der Waals surface area (Å²) in [5, 5.41) is 9.32. The van der Waals surface area contributed by atoms with Gasteiger partial charge in [-0.3, -0.25) is 4.79 Å². The first-order valence-corrected chi connectivity index (χ1v) is 7.65. The van der Waals surface area contributed by atoms with E-state index in [1.165, 1.54) is 11.3 Å². The zero-order chi connectivity index (χ0) is 14.5. The monoisotopic (exact) mass is 329 g/mol. The molecule has 0 aliphatic rings. The quantitative estimate of drug-likeness (QED) is 0.860. The van der Waals surface area contributed by atoms with Crippen LogP contribution in [0.15, 0.2) is 29.8 Å². The first-order valence-electron chi connectivity index (χ1n) is 6.01. The number of hydrogen-bond donors (Lipinski definition) is 2. The zero-order valence-corrected chi connectivity index (χ0v) is 13.0. The minimum absolute atomic E-state index is 0.140. The Balaban J connectivity index is 2.06. The van der Waals surface area contributed by atoms with E-state index in [1.807, 2.05) is 6.92 Å². The van der Waals surface area contributed by atoms with Crippen molar-refractivity contribution in [2.45, 2.75) is 19.4 Å². The number of aromatic nitrogens is 1. The van der Waals surface area contributed by atoms with Crippen molar-refractivity contribution in [3.05, 3.63) is 39.8 Å². The number of carbonyl (C=O) groups excluding carboxylic acids is 1. The molecule has 0 fully saturated rings. The summed E-state index contributed by atoms with van der Waals surface area (Å²) in [5.41, 5.74) is 0.712. The molecule has 1 atom stereocenters. The van der Waals surface area contributed by atoms with Gasteiger partial charge < -0.3 is 10.6 Å². The summed E-state index contributed by atoms with van der Waals surface area (Å²) < 4.78 is 0. The van der Waals surface area contributed by atoms with E-state index in [-0.39, 0.29) is 11.9 Å². The van der Waals surface area contributed by atoms with Gasteiger partial charge in [0.05, 0.1) is 0 Å². The molecule has 0 unspecified atom stereocenters. The van der Waals surface area contributed by atoms with Crippen molar-refractivity contribution >= 4 is 51.3 Å². The topological polar surface area (TPSA) is 54.0 Å². The third-order valence-corrected chi connectivity index (χ3v) is 3.72. The van der Waals surface area contributed by atoms with E-state index in [0.29, 0.717) is 27.3 Å². The number of amides is 1. The van der Waals surface area contributed by atoms with Crippen LogP contribution in [-0.2, 0) is 4.79 Å². The van der Waals surface area contributed by atoms with Gasteiger partial charge in [0.2, 0.25) is 5.91 Å². The highest BCUT2D eigenvalue weighted by Crippen LogP contribution is 2.23. The molecule has 1 aromatic heterocycles. The van der Waals surface area contributed by atoms with Crippen LogP contribution in [0.4, 0.5) is 10.8 Å². The normalized spacial score (nSPS) is 11.9. The van der Waals surface area contributed by atoms with E-state index in [0.717, 1.165) is 0 Å². The lowest BCUT2D eigenvalue weighted by Gasteiger charge is -2.17. The number of nitrogens with one attached hydrogen (secondary N) is 2. The van der Waals surface area contributed by atoms with Crippen molar-refractivity contribution in [1.82, 2.24) is 4.98 Å². The molecule has 1 aromatic carbocycles. The minimum Gasteiger partial charge on any atom is -0.374 e. The van der Waals surface area contributed by atoms with Gasteiger partial charge in [-0.1, -0.05) is 30.1 Å². The zero-order valence-electron chi connectivity index (χ0n) is 10.7. The van der Waals surface area contributed by atoms with Crippen molar-refractivity contribution in [2.75, 3.05) is 10.6 Å². The standard InChI is InChI=1S/C13H13Cl2N3OS/c1-2-11(12(19)18-13-16-3-4-20-13)17-10-6-8(14)5-9(15)7-10/h3-7,11,17H,2H2,1H3,(H,16,18,19)/t11-/m0/s1. The number of rotatable bonds is 5. The van der Waals surface area contributed by atoms with E-state index in [9.17, 15) is 4.79 Å². The largest absolute Gasteiger partial charge is 0.374 e. The molecule has 0 bridgehead atoms. The van der Waals surface area contributed by atoms with Gasteiger partial charge in [-0.2, -0.15) is 0 Å². The smallest absolute Gasteiger partial charge is 0.248 e. The molecule has 4 nitrogen and oxygen atoms in total. The number of thiazole rings is 1. The van der Waals surface area contributed by atoms with E-state index in [4.69, 9.17) is 23.2 Å². The fourth-order valence-corrected chi connectivity index (χ4v) is 2.73. The number of carbonyl (C=O) groups is 1. The summed E-state index contributed by atoms with van der Waals surface area (Å²) in [6.45, 7) is 1.92. The third kappa shape index (κ3) is 4.10. The summed E-state index contributed by atoms with van der Waals surface area (Å²) >= 11 is 13.3. The molecule has 0 radical (unpaired) electrons. The van der Waals surface area contributed by atoms with Crippen LogP contribution >= 0.6 is 34.5 Å². The fourth-order valence-electron chi connectivity index (χ4n) is 1.67. The molecular weight excluding hydrogens is 317 g/mol. The Bertz CT molecular complexity index is 569. The third-order valence-electron chi connectivity index (χ3n) is 2.59. The van der Waals surface area contributed by atoms with Crippen LogP contribution in [0.1, 0.15) is 13.3 Å². The Morgan fingerprint density at radius 3 is 2.60 bits per heavy atom. The van der Waals surface area contributed by atoms with E-state index >= 15 is 0 Å². The highest BCUT2D eigenvalue weighted by molar-refractivity contribution is 7.13. The van der Waals surface area contributed by atoms with Crippen LogP contribution in [0.25, 0.3) is 0 Å². The number of benzene rings is 1. The minimum atomic E-state index is -0.381. The molecule has 1 amide bonds. The molecule has 2 N–H and O–H groups in total. The summed E-state index contributed by atoms with van der Waals surface area (Å²) in [6.07, 6.45) is 2.27. The maximum atomic E-state index is 12.1. The first kappa shape index (κ1) is 15.1. The van der Waals surface area contributed by atoms with Gasteiger partial charge in [0.25, 0.3) is 0 Å². The van der Waals surface area contributed by atoms with Crippen LogP contribution in [0.5, 0.6) is 0 Å². The molecular formula is C13H13Cl2N3OS. The Kier molecular flexibility index (Phi) is 5.23. The predicted molar refractivity (Wildman–Crippen MR) is 84.9 cm³/mol. The number of nitrogens with zero attached hydrogens (tertiary/aromatic N) is 1. The van der Waals surface area contributed by atoms with Gasteiger partial charge in [-0.25, -0.2) is 4.98 Å². The average Bonchev–Trinajstić information content (AvgIpc) is 2.87. The van der Waals surface area contributed by atoms with E-state index < -0.39 is 0 Å². The fraction of sp³-hybridized carbons (Fsp3) is 0.231. The van der Waals surface area contributed by atoms with E-state index in [1.54, 1.807) is 29.8 Å². The number of halogens is 2. The van der Waals surface area contributed by atoms with Crippen LogP contribution in [0, 0.1) is 0 Å². The SMILES string of the molecule is CC[C@H](Nc1cc(Cl)cc(Cl)c1)C(=O)Nc1nccs1. The van der Waals surface area contributed by atoms with Crippen molar-refractivity contribution in [1.29, 1.82) is 0 Å². The van der Waals surface area contributed by atoms with Gasteiger partial charge in [-0.15, -0.1) is 11.3 Å². The van der Waals surface area contributed by atoms with Gasteiger partial charge >= 0.3 is 0 Å². The maximum Gasteiger partial charge on any atom is 0.248 e. The molecule has 2 rings (SSSR count). The van der Waals surface area contributed by atoms with Crippen molar-refractivity contribution in [2.24, 2.45) is 0 Å². The molecule has 0 aliphatic carbocycles. The molecule has 0 saturated heterocycles. The van der Waals surface area contributed by atoms with Crippen LogP contribution < -0.4 is 10.6 Å². The Labute approximate surface area is 131 Å². The molecule has 7 heteroatoms. The lowest BCUT2D eigenvalue weighted by Crippen LogP contribution is -2.34. The van der Waals surface area contributed by atoms with Gasteiger partial charge in [0, 0.05) is 27.3 Å². The lowest BCUT2D eigenvalue weighted by molar-refractivity contribution is -0.116. The molecule has 1 heterocycles. The number of hydrogen-bond acceptors (Lipinski definition) is 4. The summed E-state index contributed by atoms with van der Waals surface area (Å²) in [6, 6.07) is 4.72. The van der Waals surface area contributed by atoms with Crippen LogP contribution in [-0.4, -0.2) is 16.9 Å². The van der Waals surface area contributed by atoms with Crippen LogP contribution in [0.2, 0.25) is 10.0 Å². The first-order chi connectivity index (χ1) is 9.58. The van der Waals surface area contributed by atoms with Gasteiger partial charge in [-0.05, 0) is 24.6 Å².